The largest absolute Gasteiger partial charge is 0.501 e. The number of furan rings is 1. The Morgan fingerprint density at radius 2 is 1.06 bits per heavy atom. The molecule has 0 amide bonds. The summed E-state index contributed by atoms with van der Waals surface area (Å²) in [6.45, 7) is 15.6. The van der Waals surface area contributed by atoms with E-state index in [-0.39, 0.29) is 37.5 Å². The van der Waals surface area contributed by atoms with Gasteiger partial charge >= 0.3 is 0 Å². The van der Waals surface area contributed by atoms with Gasteiger partial charge in [0, 0.05) is 41.0 Å². The summed E-state index contributed by atoms with van der Waals surface area (Å²) in [5.74, 6) is 2.90. The number of rotatable bonds is 9. The second-order valence-corrected chi connectivity index (χ2v) is 18.9. The molecule has 5 nitrogen and oxygen atoms in total. The molecule has 0 aliphatic heterocycles. The average molecular weight is 1080 g/mol. The van der Waals surface area contributed by atoms with Gasteiger partial charge < -0.3 is 13.6 Å². The maximum Gasteiger partial charge on any atom is 0.120 e. The Hall–Kier alpha value is -6.85. The van der Waals surface area contributed by atoms with Gasteiger partial charge in [0.25, 0.3) is 0 Å². The molecule has 1 radical (unpaired) electrons. The fourth-order valence-corrected chi connectivity index (χ4v) is 9.71. The summed E-state index contributed by atoms with van der Waals surface area (Å²) < 4.78 is 35.6. The standard InChI is InChI=1S/C32H29N2O.C31H29N2.Ir/c1-19(2)22-12-10-13-23(20(3)4)30(22)34-27-15-8-7-14-26(27)33-32(34)25-18-17-21(5)29-24-11-6-9-16-28(24)35-31(25)29;1-21(2)26-19-25(23-13-7-5-8-14-23)20-27(22(3)4)30(26)33-29-18-12-11-17-28(29)32-31(33)24-15-9-6-10-16-24;/h6-17,19-20H,1-5H3;5-15,17-22H,1-4H3;/q2*-1;/i5D3;;. The van der Waals surface area contributed by atoms with Crippen molar-refractivity contribution in [2.24, 2.45) is 0 Å². The number of aryl methyl sites for hydroxylation is 1. The molecule has 0 fully saturated rings. The van der Waals surface area contributed by atoms with Crippen LogP contribution in [0.2, 0.25) is 0 Å². The van der Waals surface area contributed by atoms with Crippen molar-refractivity contribution < 1.29 is 28.6 Å². The summed E-state index contributed by atoms with van der Waals surface area (Å²) in [5.41, 5.74) is 17.0. The minimum absolute atomic E-state index is 0. The number of imidazole rings is 2. The quantitative estimate of drug-likeness (QED) is 0.135. The topological polar surface area (TPSA) is 48.8 Å². The zero-order valence-electron chi connectivity index (χ0n) is 43.4. The van der Waals surface area contributed by atoms with E-state index in [2.05, 4.69) is 180 Å². The van der Waals surface area contributed by atoms with Gasteiger partial charge in [0.15, 0.2) is 0 Å². The second kappa shape index (κ2) is 19.6. The molecule has 0 aliphatic carbocycles. The van der Waals surface area contributed by atoms with Crippen LogP contribution >= 0.6 is 0 Å². The van der Waals surface area contributed by atoms with Crippen LogP contribution in [0.15, 0.2) is 168 Å². The zero-order chi connectivity index (χ0) is 49.7. The molecule has 0 spiro atoms. The third-order valence-electron chi connectivity index (χ3n) is 13.1. The molecule has 11 aromatic rings. The van der Waals surface area contributed by atoms with E-state index in [0.29, 0.717) is 39.8 Å². The maximum absolute atomic E-state index is 8.21. The van der Waals surface area contributed by atoms with Gasteiger partial charge in [-0.1, -0.05) is 164 Å². The monoisotopic (exact) mass is 1080 g/mol. The van der Waals surface area contributed by atoms with E-state index in [4.69, 9.17) is 18.5 Å². The van der Waals surface area contributed by atoms with Gasteiger partial charge in [-0.05, 0) is 99.5 Å². The number of nitrogens with zero attached hydrogens (tertiary/aromatic N) is 4. The molecule has 11 rings (SSSR count). The van der Waals surface area contributed by atoms with Crippen LogP contribution < -0.4 is 0 Å². The Labute approximate surface area is 424 Å². The second-order valence-electron chi connectivity index (χ2n) is 18.9. The van der Waals surface area contributed by atoms with Crippen LogP contribution in [0.1, 0.15) is 111 Å². The normalized spacial score (nSPS) is 12.5. The Kier molecular flexibility index (Phi) is 12.4. The van der Waals surface area contributed by atoms with Crippen LogP contribution in [-0.2, 0) is 20.1 Å². The van der Waals surface area contributed by atoms with Crippen molar-refractivity contribution in [2.45, 2.75) is 85.9 Å². The van der Waals surface area contributed by atoms with Crippen molar-refractivity contribution in [3.63, 3.8) is 0 Å². The van der Waals surface area contributed by atoms with Gasteiger partial charge in [-0.2, -0.15) is 0 Å². The summed E-state index contributed by atoms with van der Waals surface area (Å²) >= 11 is 0. The Bertz CT molecular complexity index is 3660. The first-order chi connectivity index (χ1) is 34.2. The van der Waals surface area contributed by atoms with E-state index in [1.165, 1.54) is 39.1 Å². The van der Waals surface area contributed by atoms with E-state index < -0.39 is 6.85 Å². The third-order valence-corrected chi connectivity index (χ3v) is 13.1. The first-order valence-electron chi connectivity index (χ1n) is 25.4. The molecule has 3 heterocycles. The molecule has 0 bridgehead atoms. The van der Waals surface area contributed by atoms with Gasteiger partial charge in [-0.3, -0.25) is 9.97 Å². The van der Waals surface area contributed by atoms with Crippen molar-refractivity contribution in [3.8, 4) is 45.3 Å². The third kappa shape index (κ3) is 8.66. The van der Waals surface area contributed by atoms with Crippen LogP contribution in [-0.4, -0.2) is 19.1 Å². The molecule has 6 heteroatoms. The van der Waals surface area contributed by atoms with Gasteiger partial charge in [0.05, 0.1) is 39.3 Å². The summed E-state index contributed by atoms with van der Waals surface area (Å²) in [6.07, 6.45) is 0. The van der Waals surface area contributed by atoms with Crippen molar-refractivity contribution >= 4 is 44.0 Å². The maximum atomic E-state index is 8.21. The summed E-state index contributed by atoms with van der Waals surface area (Å²) in [5, 5.41) is 1.37. The van der Waals surface area contributed by atoms with Crippen LogP contribution in [0.3, 0.4) is 0 Å². The van der Waals surface area contributed by atoms with E-state index in [1.807, 2.05) is 54.6 Å². The van der Waals surface area contributed by atoms with Crippen molar-refractivity contribution in [2.75, 3.05) is 0 Å². The van der Waals surface area contributed by atoms with Crippen molar-refractivity contribution in [1.82, 2.24) is 19.1 Å². The van der Waals surface area contributed by atoms with Crippen LogP contribution in [0, 0.1) is 19.0 Å². The van der Waals surface area contributed by atoms with Gasteiger partial charge in [-0.25, -0.2) is 0 Å². The van der Waals surface area contributed by atoms with Crippen molar-refractivity contribution in [1.29, 1.82) is 0 Å². The number of hydrogen-bond donors (Lipinski definition) is 0. The molecular formula is C63H58IrN4O-2. The molecule has 0 unspecified atom stereocenters. The summed E-state index contributed by atoms with van der Waals surface area (Å²) in [6, 6.07) is 62.4. The number of para-hydroxylation sites is 6. The van der Waals surface area contributed by atoms with E-state index in [9.17, 15) is 0 Å². The molecule has 69 heavy (non-hydrogen) atoms. The van der Waals surface area contributed by atoms with Gasteiger partial charge in [-0.15, -0.1) is 53.6 Å². The van der Waals surface area contributed by atoms with E-state index >= 15 is 0 Å². The Morgan fingerprint density at radius 1 is 0.522 bits per heavy atom. The predicted octanol–water partition coefficient (Wildman–Crippen LogP) is 17.4. The minimum Gasteiger partial charge on any atom is -0.501 e. The van der Waals surface area contributed by atoms with E-state index in [1.54, 1.807) is 6.07 Å². The van der Waals surface area contributed by atoms with Crippen LogP contribution in [0.25, 0.3) is 89.3 Å². The Morgan fingerprint density at radius 3 is 1.65 bits per heavy atom. The number of fused-ring (bicyclic) bond motifs is 5. The molecular weight excluding hydrogens is 1020 g/mol. The average Bonchev–Trinajstić information content (AvgIpc) is 4.08. The molecule has 347 valence electrons. The van der Waals surface area contributed by atoms with Gasteiger partial charge in [0.1, 0.15) is 5.58 Å². The van der Waals surface area contributed by atoms with Crippen LogP contribution in [0.4, 0.5) is 0 Å². The number of hydrogen-bond acceptors (Lipinski definition) is 3. The van der Waals surface area contributed by atoms with Gasteiger partial charge in [0.2, 0.25) is 0 Å². The Balaban J connectivity index is 0.000000177. The minimum atomic E-state index is -2.31. The summed E-state index contributed by atoms with van der Waals surface area (Å²) in [7, 11) is 0. The fourth-order valence-electron chi connectivity index (χ4n) is 9.71. The molecule has 8 aromatic carbocycles. The SMILES string of the molecule is CC(C)c1cc(-c2ccccc2)cc(C(C)C)c1-n1c(-c2[c-]cccc2)nc2ccccc21.[2H]C([2H])([2H])c1c[c-]c(-c2nc3ccccc3n2-c2c(C(C)C)cccc2C(C)C)c2oc3ccccc3c12.[Ir]. The molecule has 0 N–H and O–H groups in total. The molecule has 0 saturated heterocycles. The first kappa shape index (κ1) is 43.4. The zero-order valence-corrected chi connectivity index (χ0v) is 42.8. The predicted molar refractivity (Wildman–Crippen MR) is 284 cm³/mol. The first-order valence-corrected chi connectivity index (χ1v) is 23.9. The molecule has 0 aliphatic rings. The fraction of sp³-hybridized carbons (Fsp3) is 0.206. The van der Waals surface area contributed by atoms with Crippen molar-refractivity contribution in [3.05, 3.63) is 204 Å². The molecule has 0 atom stereocenters. The smallest absolute Gasteiger partial charge is 0.120 e. The summed E-state index contributed by atoms with van der Waals surface area (Å²) in [4.78, 5) is 10.2. The number of benzene rings is 8. The van der Waals surface area contributed by atoms with Crippen LogP contribution in [0.5, 0.6) is 0 Å². The molecule has 0 saturated carbocycles. The number of aromatic nitrogens is 4. The molecule has 3 aromatic heterocycles. The van der Waals surface area contributed by atoms with E-state index in [0.717, 1.165) is 44.5 Å².